The van der Waals surface area contributed by atoms with Crippen molar-refractivity contribution in [3.05, 3.63) is 47.0 Å². The zero-order valence-electron chi connectivity index (χ0n) is 10.6. The number of nitrogens with one attached hydrogen (secondary N) is 2. The van der Waals surface area contributed by atoms with Crippen molar-refractivity contribution in [3.63, 3.8) is 0 Å². The Balaban J connectivity index is 1.98. The van der Waals surface area contributed by atoms with Crippen LogP contribution in [0.3, 0.4) is 0 Å². The Bertz CT molecular complexity index is 602. The van der Waals surface area contributed by atoms with E-state index < -0.39 is 0 Å². The average molecular weight is 256 g/mol. The fourth-order valence-corrected chi connectivity index (χ4v) is 2.32. The van der Waals surface area contributed by atoms with Gasteiger partial charge in [0, 0.05) is 44.6 Å². The molecule has 2 aromatic rings. The van der Waals surface area contributed by atoms with Crippen molar-refractivity contribution in [2.75, 3.05) is 31.1 Å². The lowest BCUT2D eigenvalue weighted by Crippen LogP contribution is -2.44. The second-order valence-electron chi connectivity index (χ2n) is 4.59. The fourth-order valence-electron chi connectivity index (χ4n) is 2.32. The lowest BCUT2D eigenvalue weighted by atomic mass is 10.1. The molecule has 1 saturated heterocycles. The maximum Gasteiger partial charge on any atom is 0.250 e. The highest BCUT2D eigenvalue weighted by atomic mass is 16.1. The predicted octanol–water partition coefficient (Wildman–Crippen LogP) is 0.846. The maximum absolute atomic E-state index is 11.8. The molecule has 3 rings (SSSR count). The first-order chi connectivity index (χ1) is 9.33. The van der Waals surface area contributed by atoms with Gasteiger partial charge in [0.05, 0.1) is 0 Å². The van der Waals surface area contributed by atoms with E-state index in [0.29, 0.717) is 0 Å². The lowest BCUT2D eigenvalue weighted by Gasteiger charge is -2.29. The van der Waals surface area contributed by atoms with E-state index in [2.05, 4.69) is 20.2 Å². The van der Waals surface area contributed by atoms with Gasteiger partial charge in [-0.15, -0.1) is 0 Å². The van der Waals surface area contributed by atoms with E-state index in [-0.39, 0.29) is 5.56 Å². The van der Waals surface area contributed by atoms with E-state index in [1.54, 1.807) is 18.5 Å². The van der Waals surface area contributed by atoms with Crippen molar-refractivity contribution in [1.29, 1.82) is 0 Å². The molecule has 0 amide bonds. The molecule has 0 unspecified atom stereocenters. The van der Waals surface area contributed by atoms with Crippen LogP contribution in [0.15, 0.2) is 41.5 Å². The molecular formula is C14H16N4O. The number of aromatic amines is 1. The molecule has 5 nitrogen and oxygen atoms in total. The molecule has 2 N–H and O–H groups in total. The number of hydrogen-bond donors (Lipinski definition) is 2. The molecule has 1 aliphatic heterocycles. The minimum Gasteiger partial charge on any atom is -0.356 e. The number of nitrogens with zero attached hydrogens (tertiary/aromatic N) is 2. The van der Waals surface area contributed by atoms with Gasteiger partial charge in [0.15, 0.2) is 0 Å². The molecule has 0 spiro atoms. The van der Waals surface area contributed by atoms with E-state index in [9.17, 15) is 4.79 Å². The van der Waals surface area contributed by atoms with Gasteiger partial charge in [-0.05, 0) is 29.3 Å². The topological polar surface area (TPSA) is 61.0 Å². The summed E-state index contributed by atoms with van der Waals surface area (Å²) in [6, 6.07) is 7.48. The monoisotopic (exact) mass is 256 g/mol. The van der Waals surface area contributed by atoms with E-state index in [0.717, 1.165) is 43.1 Å². The van der Waals surface area contributed by atoms with Crippen LogP contribution in [0.25, 0.3) is 11.1 Å². The van der Waals surface area contributed by atoms with Crippen LogP contribution in [-0.2, 0) is 0 Å². The normalized spacial score (nSPS) is 15.5. The van der Waals surface area contributed by atoms with Gasteiger partial charge in [0.25, 0.3) is 0 Å². The van der Waals surface area contributed by atoms with Crippen molar-refractivity contribution in [2.45, 2.75) is 0 Å². The minimum atomic E-state index is -0.0668. The van der Waals surface area contributed by atoms with Gasteiger partial charge in [-0.3, -0.25) is 9.78 Å². The average Bonchev–Trinajstić information content (AvgIpc) is 2.48. The fraction of sp³-hybridized carbons (Fsp3) is 0.286. The Morgan fingerprint density at radius 1 is 1.05 bits per heavy atom. The molecule has 19 heavy (non-hydrogen) atoms. The SMILES string of the molecule is O=c1cc(-c2ccncc2)cc(N2CCNCC2)[nH]1. The summed E-state index contributed by atoms with van der Waals surface area (Å²) >= 11 is 0. The standard InChI is InChI=1S/C14H16N4O/c19-14-10-12(11-1-3-15-4-2-11)9-13(17-14)18-7-5-16-6-8-18/h1-4,9-10,16H,5-8H2,(H,17,19). The highest BCUT2D eigenvalue weighted by Crippen LogP contribution is 2.20. The summed E-state index contributed by atoms with van der Waals surface area (Å²) < 4.78 is 0. The Labute approximate surface area is 111 Å². The minimum absolute atomic E-state index is 0.0668. The molecule has 0 bridgehead atoms. The van der Waals surface area contributed by atoms with Crippen LogP contribution in [0.1, 0.15) is 0 Å². The highest BCUT2D eigenvalue weighted by Gasteiger charge is 2.12. The number of H-pyrrole nitrogens is 1. The molecule has 2 aromatic heterocycles. The molecule has 1 aliphatic rings. The number of hydrogen-bond acceptors (Lipinski definition) is 4. The molecule has 0 aliphatic carbocycles. The van der Waals surface area contributed by atoms with Crippen LogP contribution >= 0.6 is 0 Å². The summed E-state index contributed by atoms with van der Waals surface area (Å²) in [7, 11) is 0. The van der Waals surface area contributed by atoms with Gasteiger partial charge in [0.2, 0.25) is 5.56 Å². The zero-order valence-corrected chi connectivity index (χ0v) is 10.6. The van der Waals surface area contributed by atoms with E-state index in [4.69, 9.17) is 0 Å². The summed E-state index contributed by atoms with van der Waals surface area (Å²) in [5.41, 5.74) is 1.88. The molecule has 5 heteroatoms. The van der Waals surface area contributed by atoms with Crippen LogP contribution in [0.2, 0.25) is 0 Å². The molecule has 0 atom stereocenters. The first-order valence-electron chi connectivity index (χ1n) is 6.43. The zero-order chi connectivity index (χ0) is 13.1. The molecule has 0 aromatic carbocycles. The Kier molecular flexibility index (Phi) is 3.29. The maximum atomic E-state index is 11.8. The molecular weight excluding hydrogens is 240 g/mol. The van der Waals surface area contributed by atoms with Crippen LogP contribution in [0, 0.1) is 0 Å². The number of aromatic nitrogens is 2. The molecule has 0 radical (unpaired) electrons. The Morgan fingerprint density at radius 3 is 2.53 bits per heavy atom. The Morgan fingerprint density at radius 2 is 1.79 bits per heavy atom. The summed E-state index contributed by atoms with van der Waals surface area (Å²) in [5.74, 6) is 0.890. The molecule has 3 heterocycles. The van der Waals surface area contributed by atoms with E-state index in [1.165, 1.54) is 0 Å². The van der Waals surface area contributed by atoms with Crippen molar-refractivity contribution in [3.8, 4) is 11.1 Å². The van der Waals surface area contributed by atoms with Gasteiger partial charge in [-0.25, -0.2) is 0 Å². The van der Waals surface area contributed by atoms with Crippen LogP contribution in [0.5, 0.6) is 0 Å². The second kappa shape index (κ2) is 5.24. The van der Waals surface area contributed by atoms with Crippen LogP contribution in [-0.4, -0.2) is 36.1 Å². The lowest BCUT2D eigenvalue weighted by molar-refractivity contribution is 0.584. The number of pyridine rings is 2. The van der Waals surface area contributed by atoms with Gasteiger partial charge < -0.3 is 15.2 Å². The summed E-state index contributed by atoms with van der Waals surface area (Å²) in [5, 5.41) is 3.30. The van der Waals surface area contributed by atoms with Crippen LogP contribution in [0.4, 0.5) is 5.82 Å². The largest absolute Gasteiger partial charge is 0.356 e. The summed E-state index contributed by atoms with van der Waals surface area (Å²) in [4.78, 5) is 20.9. The first-order valence-corrected chi connectivity index (χ1v) is 6.43. The number of anilines is 1. The number of rotatable bonds is 2. The van der Waals surface area contributed by atoms with E-state index >= 15 is 0 Å². The van der Waals surface area contributed by atoms with Crippen molar-refractivity contribution in [2.24, 2.45) is 0 Å². The van der Waals surface area contributed by atoms with Gasteiger partial charge in [-0.1, -0.05) is 0 Å². The number of piperazine rings is 1. The summed E-state index contributed by atoms with van der Waals surface area (Å²) in [6.07, 6.45) is 3.47. The highest BCUT2D eigenvalue weighted by molar-refractivity contribution is 5.66. The van der Waals surface area contributed by atoms with Gasteiger partial charge >= 0.3 is 0 Å². The molecule has 98 valence electrons. The van der Waals surface area contributed by atoms with Crippen molar-refractivity contribution < 1.29 is 0 Å². The first kappa shape index (κ1) is 11.9. The third kappa shape index (κ3) is 2.66. The third-order valence-electron chi connectivity index (χ3n) is 3.30. The second-order valence-corrected chi connectivity index (χ2v) is 4.59. The van der Waals surface area contributed by atoms with Gasteiger partial charge in [-0.2, -0.15) is 0 Å². The molecule has 1 fully saturated rings. The van der Waals surface area contributed by atoms with Gasteiger partial charge in [0.1, 0.15) is 5.82 Å². The quantitative estimate of drug-likeness (QED) is 0.836. The van der Waals surface area contributed by atoms with Crippen LogP contribution < -0.4 is 15.8 Å². The van der Waals surface area contributed by atoms with Crippen molar-refractivity contribution >= 4 is 5.82 Å². The molecule has 0 saturated carbocycles. The van der Waals surface area contributed by atoms with E-state index in [1.807, 2.05) is 18.2 Å². The van der Waals surface area contributed by atoms with Crippen molar-refractivity contribution in [1.82, 2.24) is 15.3 Å². The smallest absolute Gasteiger partial charge is 0.250 e. The Hall–Kier alpha value is -2.14. The predicted molar refractivity (Wildman–Crippen MR) is 75.4 cm³/mol. The summed E-state index contributed by atoms with van der Waals surface area (Å²) in [6.45, 7) is 3.72. The third-order valence-corrected chi connectivity index (χ3v) is 3.30.